The molecule has 0 spiro atoms. The summed E-state index contributed by atoms with van der Waals surface area (Å²) in [4.78, 5) is 29.7. The Morgan fingerprint density at radius 3 is 2.43 bits per heavy atom. The van der Waals surface area contributed by atoms with E-state index >= 15 is 0 Å². The van der Waals surface area contributed by atoms with E-state index in [1.54, 1.807) is 12.1 Å². The average molecular weight is 397 g/mol. The van der Waals surface area contributed by atoms with Crippen LogP contribution in [-0.4, -0.2) is 15.2 Å². The minimum absolute atomic E-state index is 0.0386. The molecular formula is C22H11N3O5. The SMILES string of the molecule is Cc1cccc2c1oc(=O)c1cc(-c3nnc4c5ccccc5nc-4o3)c(=O)oc12. The van der Waals surface area contributed by atoms with Gasteiger partial charge in [0.25, 0.3) is 11.8 Å². The van der Waals surface area contributed by atoms with E-state index in [4.69, 9.17) is 13.3 Å². The number of para-hydroxylation sites is 2. The molecule has 8 nitrogen and oxygen atoms in total. The monoisotopic (exact) mass is 397 g/mol. The molecule has 0 unspecified atom stereocenters. The number of aryl methyl sites for hydroxylation is 1. The molecule has 0 amide bonds. The van der Waals surface area contributed by atoms with Crippen LogP contribution in [0.1, 0.15) is 5.56 Å². The number of hydrogen-bond acceptors (Lipinski definition) is 8. The van der Waals surface area contributed by atoms with E-state index in [1.165, 1.54) is 6.07 Å². The largest absolute Gasteiger partial charge is 0.422 e. The summed E-state index contributed by atoms with van der Waals surface area (Å²) in [5.74, 6) is 0.145. The highest BCUT2D eigenvalue weighted by molar-refractivity contribution is 6.02. The number of benzene rings is 2. The van der Waals surface area contributed by atoms with Gasteiger partial charge in [-0.2, -0.15) is 0 Å². The van der Waals surface area contributed by atoms with Gasteiger partial charge in [0, 0.05) is 5.39 Å². The molecule has 0 saturated heterocycles. The summed E-state index contributed by atoms with van der Waals surface area (Å²) >= 11 is 0. The molecule has 2 aromatic carbocycles. The predicted molar refractivity (Wildman–Crippen MR) is 108 cm³/mol. The molecule has 2 aliphatic rings. The van der Waals surface area contributed by atoms with Crippen LogP contribution in [0.2, 0.25) is 0 Å². The Morgan fingerprint density at radius 2 is 1.53 bits per heavy atom. The van der Waals surface area contributed by atoms with Crippen molar-refractivity contribution >= 4 is 32.8 Å². The van der Waals surface area contributed by atoms with Gasteiger partial charge in [-0.3, -0.25) is 0 Å². The summed E-state index contributed by atoms with van der Waals surface area (Å²) in [5.41, 5.74) is 1.13. The molecule has 0 saturated carbocycles. The van der Waals surface area contributed by atoms with Crippen molar-refractivity contribution in [1.29, 1.82) is 0 Å². The van der Waals surface area contributed by atoms with Crippen LogP contribution in [0, 0.1) is 6.92 Å². The topological polar surface area (TPSA) is 112 Å². The fourth-order valence-electron chi connectivity index (χ4n) is 3.62. The van der Waals surface area contributed by atoms with E-state index in [0.717, 1.165) is 10.9 Å². The quantitative estimate of drug-likeness (QED) is 0.303. The van der Waals surface area contributed by atoms with Gasteiger partial charge in [-0.05, 0) is 30.7 Å². The van der Waals surface area contributed by atoms with E-state index in [2.05, 4.69) is 15.2 Å². The number of aromatic nitrogens is 3. The maximum absolute atomic E-state index is 12.7. The lowest BCUT2D eigenvalue weighted by Crippen LogP contribution is -2.09. The molecular weight excluding hydrogens is 386 g/mol. The van der Waals surface area contributed by atoms with Crippen molar-refractivity contribution in [2.75, 3.05) is 0 Å². The highest BCUT2D eigenvalue weighted by Crippen LogP contribution is 2.31. The Bertz CT molecular complexity index is 1710. The van der Waals surface area contributed by atoms with Gasteiger partial charge in [-0.25, -0.2) is 14.6 Å². The molecule has 4 aromatic rings. The average Bonchev–Trinajstić information content (AvgIpc) is 3.12. The fourth-order valence-corrected chi connectivity index (χ4v) is 3.62. The smallest absolute Gasteiger partial charge is 0.349 e. The lowest BCUT2D eigenvalue weighted by Gasteiger charge is -2.05. The first-order valence-corrected chi connectivity index (χ1v) is 9.13. The molecule has 0 radical (unpaired) electrons. The molecule has 144 valence electrons. The van der Waals surface area contributed by atoms with Gasteiger partial charge in [0.15, 0.2) is 11.3 Å². The zero-order valence-electron chi connectivity index (χ0n) is 15.5. The zero-order valence-corrected chi connectivity index (χ0v) is 15.5. The number of fused-ring (bicyclic) bond motifs is 6. The molecule has 30 heavy (non-hydrogen) atoms. The van der Waals surface area contributed by atoms with Gasteiger partial charge in [0.1, 0.15) is 16.5 Å². The van der Waals surface area contributed by atoms with Crippen LogP contribution in [0.4, 0.5) is 0 Å². The van der Waals surface area contributed by atoms with Crippen molar-refractivity contribution in [1.82, 2.24) is 15.2 Å². The third-order valence-electron chi connectivity index (χ3n) is 5.07. The highest BCUT2D eigenvalue weighted by Gasteiger charge is 2.22. The molecule has 0 fully saturated rings. The minimum Gasteiger partial charge on any atom is -0.422 e. The second kappa shape index (κ2) is 5.84. The normalized spacial score (nSPS) is 11.8. The van der Waals surface area contributed by atoms with Crippen LogP contribution < -0.4 is 11.3 Å². The van der Waals surface area contributed by atoms with E-state index in [0.29, 0.717) is 22.2 Å². The highest BCUT2D eigenvalue weighted by atomic mass is 16.4. The fraction of sp³-hybridized carbons (Fsp3) is 0.0455. The molecule has 6 rings (SSSR count). The molecule has 8 heteroatoms. The Labute approximate surface area is 166 Å². The molecule has 0 bridgehead atoms. The summed E-state index contributed by atoms with van der Waals surface area (Å²) in [6.45, 7) is 1.81. The molecule has 0 N–H and O–H groups in total. The van der Waals surface area contributed by atoms with Gasteiger partial charge in [0.2, 0.25) is 0 Å². The van der Waals surface area contributed by atoms with E-state index in [-0.39, 0.29) is 28.3 Å². The molecule has 4 heterocycles. The van der Waals surface area contributed by atoms with Crippen LogP contribution in [0.15, 0.2) is 71.4 Å². The Balaban J connectivity index is 1.64. The van der Waals surface area contributed by atoms with Crippen LogP contribution in [0.5, 0.6) is 0 Å². The Morgan fingerprint density at radius 1 is 0.733 bits per heavy atom. The van der Waals surface area contributed by atoms with Gasteiger partial charge in [-0.15, -0.1) is 10.2 Å². The summed E-state index contributed by atoms with van der Waals surface area (Å²) in [7, 11) is 0. The zero-order chi connectivity index (χ0) is 20.4. The van der Waals surface area contributed by atoms with Crippen molar-refractivity contribution in [2.24, 2.45) is 0 Å². The Kier molecular flexibility index (Phi) is 3.23. The van der Waals surface area contributed by atoms with E-state index in [1.807, 2.05) is 37.3 Å². The second-order valence-electron chi connectivity index (χ2n) is 6.92. The first-order valence-electron chi connectivity index (χ1n) is 9.13. The van der Waals surface area contributed by atoms with Gasteiger partial charge >= 0.3 is 11.3 Å². The number of nitrogens with zero attached hydrogens (tertiary/aromatic N) is 3. The van der Waals surface area contributed by atoms with E-state index < -0.39 is 11.3 Å². The predicted octanol–water partition coefficient (Wildman–Crippen LogP) is 3.91. The molecule has 2 aliphatic heterocycles. The maximum Gasteiger partial charge on any atom is 0.349 e. The van der Waals surface area contributed by atoms with Crippen LogP contribution >= 0.6 is 0 Å². The van der Waals surface area contributed by atoms with Gasteiger partial charge in [-0.1, -0.05) is 30.3 Å². The third kappa shape index (κ3) is 2.24. The first-order chi connectivity index (χ1) is 14.6. The van der Waals surface area contributed by atoms with Crippen LogP contribution in [-0.2, 0) is 0 Å². The van der Waals surface area contributed by atoms with Crippen molar-refractivity contribution < 1.29 is 13.3 Å². The molecule has 0 aliphatic carbocycles. The van der Waals surface area contributed by atoms with Crippen molar-refractivity contribution in [2.45, 2.75) is 6.92 Å². The summed E-state index contributed by atoms with van der Waals surface area (Å²) in [5, 5.41) is 9.63. The minimum atomic E-state index is -0.704. The number of rotatable bonds is 1. The van der Waals surface area contributed by atoms with Crippen molar-refractivity contribution in [3.05, 3.63) is 74.9 Å². The first kappa shape index (κ1) is 16.6. The Hall–Kier alpha value is -4.33. The van der Waals surface area contributed by atoms with Crippen LogP contribution in [0.25, 0.3) is 55.9 Å². The van der Waals surface area contributed by atoms with Gasteiger partial charge < -0.3 is 13.3 Å². The molecule has 2 aromatic heterocycles. The second-order valence-corrected chi connectivity index (χ2v) is 6.92. The van der Waals surface area contributed by atoms with Gasteiger partial charge in [0.05, 0.1) is 10.9 Å². The van der Waals surface area contributed by atoms with Crippen LogP contribution in [0.3, 0.4) is 0 Å². The summed E-state index contributed by atoms with van der Waals surface area (Å²) < 4.78 is 16.7. The van der Waals surface area contributed by atoms with Crippen molar-refractivity contribution in [3.8, 4) is 23.0 Å². The van der Waals surface area contributed by atoms with E-state index in [9.17, 15) is 9.59 Å². The summed E-state index contributed by atoms with van der Waals surface area (Å²) in [6, 6.07) is 14.1. The standard InChI is InChI=1S/C22H11N3O5/c1-10-5-4-7-12-17(10)28-21(26)13-9-14(22(27)29-18(12)13)19-25-24-16-11-6-2-3-8-15(11)23-20(16)30-19/h2-9H,1H3. The van der Waals surface area contributed by atoms with Crippen molar-refractivity contribution in [3.63, 3.8) is 0 Å². The maximum atomic E-state index is 12.7. The lowest BCUT2D eigenvalue weighted by molar-refractivity contribution is 0.515. The third-order valence-corrected chi connectivity index (χ3v) is 5.07. The summed E-state index contributed by atoms with van der Waals surface area (Å²) in [6.07, 6.45) is 0. The lowest BCUT2D eigenvalue weighted by atomic mass is 10.1. The molecule has 0 atom stereocenters. The number of hydrogen-bond donors (Lipinski definition) is 0.